The highest BCUT2D eigenvalue weighted by Gasteiger charge is 2.71. The van der Waals surface area contributed by atoms with Gasteiger partial charge in [0.25, 0.3) is 11.8 Å². The molecular weight excluding hydrogens is 637 g/mol. The first-order valence-electron chi connectivity index (χ1n) is 15.7. The van der Waals surface area contributed by atoms with E-state index in [1.807, 2.05) is 67.7 Å². The summed E-state index contributed by atoms with van der Waals surface area (Å²) in [4.78, 5) is 51.7. The van der Waals surface area contributed by atoms with Crippen LogP contribution in [0.4, 0.5) is 0 Å². The van der Waals surface area contributed by atoms with E-state index < -0.39 is 88.1 Å². The third-order valence-corrected chi connectivity index (χ3v) is 19.9. The number of aliphatic hydroxyl groups is 4. The average Bonchev–Trinajstić information content (AvgIpc) is 3.60. The number of rotatable bonds is 6. The molecule has 0 unspecified atom stereocenters. The Morgan fingerprint density at radius 1 is 0.674 bits per heavy atom. The summed E-state index contributed by atoms with van der Waals surface area (Å²) in [6.45, 7) is 20.6. The topological polar surface area (TPSA) is 193 Å². The van der Waals surface area contributed by atoms with Crippen LogP contribution in [0.5, 0.6) is 0 Å². The van der Waals surface area contributed by atoms with Crippen molar-refractivity contribution in [2.45, 2.75) is 127 Å². The number of methoxy groups -OCH3 is 2. The molecule has 0 aromatic heterocycles. The summed E-state index contributed by atoms with van der Waals surface area (Å²) in [5.74, 6) is -3.88. The van der Waals surface area contributed by atoms with Crippen molar-refractivity contribution in [3.8, 4) is 0 Å². The van der Waals surface area contributed by atoms with Gasteiger partial charge in [-0.3, -0.25) is 19.2 Å². The van der Waals surface area contributed by atoms with Gasteiger partial charge in [-0.05, 0) is 49.1 Å². The van der Waals surface area contributed by atoms with Crippen LogP contribution in [0, 0.1) is 11.8 Å². The molecule has 0 aromatic rings. The van der Waals surface area contributed by atoms with Crippen LogP contribution in [0.2, 0.25) is 36.3 Å². The smallest absolute Gasteiger partial charge is 0.313 e. The monoisotopic (exact) mass is 690 g/mol. The molecular formula is C30H54N2O12Si2. The Hall–Kier alpha value is -1.93. The molecule has 0 spiro atoms. The lowest BCUT2D eigenvalue weighted by Gasteiger charge is -2.47. The number of carbonyl (C=O) groups excluding carboxylic acids is 4. The van der Waals surface area contributed by atoms with Crippen LogP contribution in [0.1, 0.15) is 54.4 Å². The lowest BCUT2D eigenvalue weighted by atomic mass is 9.91. The second kappa shape index (κ2) is 12.5. The number of hydrogen-bond acceptors (Lipinski definition) is 12. The molecule has 16 heteroatoms. The van der Waals surface area contributed by atoms with Crippen molar-refractivity contribution >= 4 is 40.4 Å². The maximum Gasteiger partial charge on any atom is 0.313 e. The van der Waals surface area contributed by atoms with Gasteiger partial charge in [0, 0.05) is 13.1 Å². The molecule has 4 aliphatic rings. The molecule has 0 aliphatic carbocycles. The Balaban J connectivity index is 0.000000250. The quantitative estimate of drug-likeness (QED) is 0.228. The number of carbonyl (C=O) groups is 4. The van der Waals surface area contributed by atoms with Gasteiger partial charge in [-0.2, -0.15) is 0 Å². The van der Waals surface area contributed by atoms with Crippen molar-refractivity contribution in [2.75, 3.05) is 27.3 Å². The molecule has 0 saturated carbocycles. The minimum atomic E-state index is -2.44. The SMILES string of the molecule is COC(=O)[C@@H]1CCN2C(=O)[C@H](O)[C@@H](O)[C@]12O[Si](C)(C)C(C)(C)C.COC(=O)[C@@H]1CCN2C(=O)[C@H](O)[C@@H](O)[C@]12O[Si](C)(C)C(C)(C)C. The van der Waals surface area contributed by atoms with E-state index >= 15 is 0 Å². The fourth-order valence-corrected chi connectivity index (χ4v) is 9.34. The van der Waals surface area contributed by atoms with Crippen LogP contribution >= 0.6 is 0 Å². The molecule has 4 fully saturated rings. The molecule has 4 heterocycles. The summed E-state index contributed by atoms with van der Waals surface area (Å²) < 4.78 is 22.5. The Labute approximate surface area is 273 Å². The van der Waals surface area contributed by atoms with E-state index in [-0.39, 0.29) is 23.2 Å². The van der Waals surface area contributed by atoms with Crippen molar-refractivity contribution in [3.63, 3.8) is 0 Å². The zero-order chi connectivity index (χ0) is 35.6. The highest BCUT2D eigenvalue weighted by atomic mass is 28.4. The second-order valence-electron chi connectivity index (χ2n) is 15.7. The summed E-state index contributed by atoms with van der Waals surface area (Å²) in [7, 11) is -2.34. The van der Waals surface area contributed by atoms with Gasteiger partial charge in [-0.25, -0.2) is 0 Å². The van der Waals surface area contributed by atoms with Crippen molar-refractivity contribution in [1.82, 2.24) is 9.80 Å². The Bertz CT molecular complexity index is 1130. The highest BCUT2D eigenvalue weighted by Crippen LogP contribution is 2.52. The molecule has 46 heavy (non-hydrogen) atoms. The number of aliphatic hydroxyl groups excluding tert-OH is 4. The normalized spacial score (nSPS) is 34.7. The van der Waals surface area contributed by atoms with E-state index in [0.717, 1.165) is 0 Å². The number of esters is 2. The van der Waals surface area contributed by atoms with Crippen LogP contribution < -0.4 is 0 Å². The number of nitrogens with zero attached hydrogens (tertiary/aromatic N) is 2. The third-order valence-electron chi connectivity index (χ3n) is 11.0. The second-order valence-corrected chi connectivity index (χ2v) is 25.2. The van der Waals surface area contributed by atoms with Gasteiger partial charge in [0.1, 0.15) is 24.0 Å². The molecule has 4 rings (SSSR count). The fourth-order valence-electron chi connectivity index (χ4n) is 6.35. The maximum absolute atomic E-state index is 12.3. The number of fused-ring (bicyclic) bond motifs is 2. The lowest BCUT2D eigenvalue weighted by Crippen LogP contribution is -2.62. The number of amides is 2. The Kier molecular flexibility index (Phi) is 10.5. The molecule has 8 atom stereocenters. The Morgan fingerprint density at radius 3 is 1.20 bits per heavy atom. The molecule has 0 bridgehead atoms. The largest absolute Gasteiger partial charge is 0.469 e. The van der Waals surface area contributed by atoms with Crippen LogP contribution in [0.15, 0.2) is 0 Å². The molecule has 264 valence electrons. The van der Waals surface area contributed by atoms with Crippen molar-refractivity contribution in [3.05, 3.63) is 0 Å². The summed E-state index contributed by atoms with van der Waals surface area (Å²) in [6.07, 6.45) is -5.42. The first kappa shape index (κ1) is 38.5. The van der Waals surface area contributed by atoms with E-state index in [4.69, 9.17) is 18.3 Å². The van der Waals surface area contributed by atoms with E-state index in [9.17, 15) is 39.6 Å². The highest BCUT2D eigenvalue weighted by molar-refractivity contribution is 6.74. The first-order chi connectivity index (χ1) is 20.8. The standard InChI is InChI=1S/2C15H27NO6Si/c2*1-14(2,3)23(5,6)22-15-9(13(20)21-4)7-8-16(15)12(19)10(17)11(15)18/h2*9-11,17-18H,7-8H2,1-6H3/t2*9-,10+,11+,15+/m00/s1. The van der Waals surface area contributed by atoms with Crippen molar-refractivity contribution in [1.29, 1.82) is 0 Å². The van der Waals surface area contributed by atoms with Gasteiger partial charge in [0.2, 0.25) is 0 Å². The Morgan fingerprint density at radius 2 is 0.957 bits per heavy atom. The van der Waals surface area contributed by atoms with Gasteiger partial charge < -0.3 is 48.6 Å². The van der Waals surface area contributed by atoms with E-state index in [2.05, 4.69) is 0 Å². The summed E-state index contributed by atoms with van der Waals surface area (Å²) in [5, 5.41) is 40.9. The molecule has 2 amide bonds. The number of ether oxygens (including phenoxy) is 2. The summed E-state index contributed by atoms with van der Waals surface area (Å²) >= 11 is 0. The molecule has 4 N–H and O–H groups in total. The molecule has 0 radical (unpaired) electrons. The van der Waals surface area contributed by atoms with Crippen LogP contribution in [-0.2, 0) is 37.5 Å². The zero-order valence-electron chi connectivity index (χ0n) is 29.2. The molecule has 0 aromatic carbocycles. The van der Waals surface area contributed by atoms with Gasteiger partial charge >= 0.3 is 11.9 Å². The van der Waals surface area contributed by atoms with E-state index in [1.54, 1.807) is 0 Å². The fraction of sp³-hybridized carbons (Fsp3) is 0.867. The summed E-state index contributed by atoms with van der Waals surface area (Å²) in [6, 6.07) is 0. The van der Waals surface area contributed by atoms with E-state index in [0.29, 0.717) is 12.8 Å². The van der Waals surface area contributed by atoms with Crippen molar-refractivity contribution in [2.24, 2.45) is 11.8 Å². The maximum atomic E-state index is 12.3. The van der Waals surface area contributed by atoms with Crippen LogP contribution in [0.25, 0.3) is 0 Å². The van der Waals surface area contributed by atoms with Gasteiger partial charge in [0.05, 0.1) is 14.2 Å². The third kappa shape index (κ3) is 5.86. The lowest BCUT2D eigenvalue weighted by molar-refractivity contribution is -0.178. The first-order valence-corrected chi connectivity index (χ1v) is 21.5. The zero-order valence-corrected chi connectivity index (χ0v) is 31.2. The van der Waals surface area contributed by atoms with Crippen LogP contribution in [-0.4, -0.2) is 134 Å². The van der Waals surface area contributed by atoms with Gasteiger partial charge in [-0.15, -0.1) is 0 Å². The predicted molar refractivity (Wildman–Crippen MR) is 170 cm³/mol. The van der Waals surface area contributed by atoms with Gasteiger partial charge in [-0.1, -0.05) is 41.5 Å². The number of hydrogen-bond donors (Lipinski definition) is 4. The van der Waals surface area contributed by atoms with Gasteiger partial charge in [0.15, 0.2) is 40.3 Å². The van der Waals surface area contributed by atoms with E-state index in [1.165, 1.54) is 24.0 Å². The minimum Gasteiger partial charge on any atom is -0.469 e. The van der Waals surface area contributed by atoms with Crippen LogP contribution in [0.3, 0.4) is 0 Å². The predicted octanol–water partition coefficient (Wildman–Crippen LogP) is 0.923. The average molecular weight is 691 g/mol. The molecule has 4 aliphatic heterocycles. The minimum absolute atomic E-state index is 0.188. The molecule has 14 nitrogen and oxygen atoms in total. The van der Waals surface area contributed by atoms with Crippen molar-refractivity contribution < 1.29 is 57.9 Å². The summed E-state index contributed by atoms with van der Waals surface area (Å²) in [5.41, 5.74) is -3.07. The molecule has 4 saturated heterocycles.